The van der Waals surface area contributed by atoms with Crippen LogP contribution in [0, 0.1) is 0 Å². The number of benzene rings is 2. The Kier molecular flexibility index (Phi) is 5.68. The molecule has 0 radical (unpaired) electrons. The number of fused-ring (bicyclic) bond motifs is 3. The molecule has 1 aliphatic carbocycles. The SMILES string of the molecule is CO[C@H]1[C@H](NC(=O)c2ccsc2)c2ccccc2C12CCN(Cc1ccc3c(c1)CCO3)CC2. The molecule has 1 fully saturated rings. The van der Waals surface area contributed by atoms with Crippen LogP contribution in [-0.2, 0) is 23.1 Å². The fraction of sp³-hybridized carbons (Fsp3) is 0.393. The maximum Gasteiger partial charge on any atom is 0.252 e. The van der Waals surface area contributed by atoms with Crippen LogP contribution in [0.25, 0.3) is 0 Å². The van der Waals surface area contributed by atoms with E-state index in [-0.39, 0.29) is 23.5 Å². The summed E-state index contributed by atoms with van der Waals surface area (Å²) in [7, 11) is 1.79. The summed E-state index contributed by atoms with van der Waals surface area (Å²) in [6.45, 7) is 3.77. The molecule has 1 aromatic heterocycles. The third-order valence-corrected chi connectivity index (χ3v) is 8.60. The maximum atomic E-state index is 13.0. The van der Waals surface area contributed by atoms with Gasteiger partial charge in [-0.05, 0) is 65.7 Å². The lowest BCUT2D eigenvalue weighted by Crippen LogP contribution is -2.50. The fourth-order valence-electron chi connectivity index (χ4n) is 6.25. The predicted octanol–water partition coefficient (Wildman–Crippen LogP) is 4.72. The molecule has 6 heteroatoms. The van der Waals surface area contributed by atoms with E-state index in [0.29, 0.717) is 5.56 Å². The van der Waals surface area contributed by atoms with Gasteiger partial charge >= 0.3 is 0 Å². The van der Waals surface area contributed by atoms with E-state index in [2.05, 4.69) is 52.7 Å². The number of hydrogen-bond acceptors (Lipinski definition) is 5. The largest absolute Gasteiger partial charge is 0.493 e. The van der Waals surface area contributed by atoms with Crippen molar-refractivity contribution in [1.82, 2.24) is 10.2 Å². The van der Waals surface area contributed by atoms with Crippen molar-refractivity contribution in [3.8, 4) is 5.75 Å². The summed E-state index contributed by atoms with van der Waals surface area (Å²) in [5, 5.41) is 7.14. The van der Waals surface area contributed by atoms with Gasteiger partial charge in [0.15, 0.2) is 0 Å². The van der Waals surface area contributed by atoms with E-state index in [0.717, 1.165) is 51.3 Å². The molecule has 3 aromatic rings. The Morgan fingerprint density at radius 3 is 2.85 bits per heavy atom. The lowest BCUT2D eigenvalue weighted by molar-refractivity contribution is -0.0122. The zero-order valence-corrected chi connectivity index (χ0v) is 20.3. The molecule has 1 spiro atoms. The number of amides is 1. The molecule has 3 heterocycles. The number of methoxy groups -OCH3 is 1. The van der Waals surface area contributed by atoms with Gasteiger partial charge in [0.25, 0.3) is 5.91 Å². The molecular formula is C28H30N2O3S. The van der Waals surface area contributed by atoms with E-state index in [1.165, 1.54) is 22.3 Å². The molecule has 0 unspecified atom stereocenters. The van der Waals surface area contributed by atoms with Gasteiger partial charge in [-0.2, -0.15) is 11.3 Å². The third kappa shape index (κ3) is 3.65. The first-order valence-electron chi connectivity index (χ1n) is 12.1. The summed E-state index contributed by atoms with van der Waals surface area (Å²) >= 11 is 1.54. The first-order chi connectivity index (χ1) is 16.7. The summed E-state index contributed by atoms with van der Waals surface area (Å²) in [6, 6.07) is 17.0. The first kappa shape index (κ1) is 21.8. The molecule has 6 rings (SSSR count). The van der Waals surface area contributed by atoms with Crippen LogP contribution in [0.4, 0.5) is 0 Å². The highest BCUT2D eigenvalue weighted by molar-refractivity contribution is 7.08. The second-order valence-corrected chi connectivity index (χ2v) is 10.5. The van der Waals surface area contributed by atoms with Crippen molar-refractivity contribution in [2.24, 2.45) is 0 Å². The molecule has 1 amide bonds. The van der Waals surface area contributed by atoms with Crippen LogP contribution in [-0.4, -0.2) is 43.7 Å². The molecule has 0 bridgehead atoms. The standard InChI is InChI=1S/C28H30N2O3S/c1-32-26-25(29-27(31)21-9-15-34-18-21)22-4-2-3-5-23(22)28(26)10-12-30(13-11-28)17-19-6-7-24-20(16-19)8-14-33-24/h2-7,9,15-16,18,25-26H,8,10-14,17H2,1H3,(H,29,31)/t25-,26+/m1/s1. The highest BCUT2D eigenvalue weighted by Gasteiger charge is 2.54. The monoisotopic (exact) mass is 474 g/mol. The summed E-state index contributed by atoms with van der Waals surface area (Å²) in [6.07, 6.45) is 2.96. The molecule has 2 aromatic carbocycles. The fourth-order valence-corrected chi connectivity index (χ4v) is 6.89. The molecule has 1 saturated heterocycles. The minimum absolute atomic E-state index is 0.0295. The number of nitrogens with zero attached hydrogens (tertiary/aromatic N) is 1. The van der Waals surface area contributed by atoms with Gasteiger partial charge in [-0.25, -0.2) is 0 Å². The molecular weight excluding hydrogens is 444 g/mol. The normalized spacial score (nSPS) is 22.9. The van der Waals surface area contributed by atoms with Crippen LogP contribution in [0.5, 0.6) is 5.75 Å². The van der Waals surface area contributed by atoms with E-state index in [9.17, 15) is 4.79 Å². The number of piperidine rings is 1. The minimum atomic E-state index is -0.142. The predicted molar refractivity (Wildman–Crippen MR) is 134 cm³/mol. The first-order valence-corrected chi connectivity index (χ1v) is 13.0. The number of rotatable bonds is 5. The highest BCUT2D eigenvalue weighted by Crippen LogP contribution is 2.52. The molecule has 176 valence electrons. The minimum Gasteiger partial charge on any atom is -0.493 e. The molecule has 34 heavy (non-hydrogen) atoms. The van der Waals surface area contributed by atoms with E-state index in [1.54, 1.807) is 18.4 Å². The van der Waals surface area contributed by atoms with Gasteiger partial charge in [0.2, 0.25) is 0 Å². The Hall–Kier alpha value is -2.67. The van der Waals surface area contributed by atoms with Crippen LogP contribution in [0.1, 0.15) is 51.5 Å². The van der Waals surface area contributed by atoms with Crippen molar-refractivity contribution in [1.29, 1.82) is 0 Å². The molecule has 5 nitrogen and oxygen atoms in total. The molecule has 1 N–H and O–H groups in total. The highest BCUT2D eigenvalue weighted by atomic mass is 32.1. The van der Waals surface area contributed by atoms with Crippen molar-refractivity contribution in [2.45, 2.75) is 43.4 Å². The second-order valence-electron chi connectivity index (χ2n) is 9.68. The molecule has 0 saturated carbocycles. The lowest BCUT2D eigenvalue weighted by atomic mass is 9.71. The molecule has 2 aliphatic heterocycles. The van der Waals surface area contributed by atoms with Gasteiger partial charge in [0.1, 0.15) is 5.75 Å². The number of nitrogens with one attached hydrogen (secondary N) is 1. The number of ether oxygens (including phenoxy) is 2. The Morgan fingerprint density at radius 2 is 2.06 bits per heavy atom. The van der Waals surface area contributed by atoms with Crippen LogP contribution >= 0.6 is 11.3 Å². The molecule has 2 atom stereocenters. The van der Waals surface area contributed by atoms with Gasteiger partial charge in [-0.15, -0.1) is 0 Å². The van der Waals surface area contributed by atoms with Crippen molar-refractivity contribution < 1.29 is 14.3 Å². The average Bonchev–Trinajstić information content (AvgIpc) is 3.61. The van der Waals surface area contributed by atoms with Crippen LogP contribution in [0.2, 0.25) is 0 Å². The average molecular weight is 475 g/mol. The van der Waals surface area contributed by atoms with Gasteiger partial charge in [-0.1, -0.05) is 36.4 Å². The van der Waals surface area contributed by atoms with Crippen molar-refractivity contribution >= 4 is 17.2 Å². The summed E-state index contributed by atoms with van der Waals surface area (Å²) in [4.78, 5) is 15.5. The van der Waals surface area contributed by atoms with Crippen LogP contribution in [0.15, 0.2) is 59.3 Å². The zero-order chi connectivity index (χ0) is 23.1. The Labute approximate surface area is 204 Å². The van der Waals surface area contributed by atoms with Gasteiger partial charge in [0.05, 0.1) is 24.3 Å². The van der Waals surface area contributed by atoms with E-state index < -0.39 is 0 Å². The smallest absolute Gasteiger partial charge is 0.252 e. The number of carbonyl (C=O) groups excluding carboxylic acids is 1. The second kappa shape index (κ2) is 8.84. The summed E-state index contributed by atoms with van der Waals surface area (Å²) in [5.41, 5.74) is 5.86. The number of likely N-dealkylation sites (tertiary alicyclic amines) is 1. The maximum absolute atomic E-state index is 13.0. The number of carbonyl (C=O) groups is 1. The summed E-state index contributed by atoms with van der Waals surface area (Å²) < 4.78 is 11.8. The van der Waals surface area contributed by atoms with Crippen LogP contribution in [0.3, 0.4) is 0 Å². The Morgan fingerprint density at radius 1 is 1.21 bits per heavy atom. The Balaban J connectivity index is 1.22. The summed E-state index contributed by atoms with van der Waals surface area (Å²) in [5.74, 6) is 1.01. The van der Waals surface area contributed by atoms with Crippen LogP contribution < -0.4 is 10.1 Å². The van der Waals surface area contributed by atoms with E-state index in [1.807, 2.05) is 16.8 Å². The van der Waals surface area contributed by atoms with Gasteiger partial charge < -0.3 is 14.8 Å². The third-order valence-electron chi connectivity index (χ3n) is 7.91. The molecule has 3 aliphatic rings. The van der Waals surface area contributed by atoms with E-state index in [4.69, 9.17) is 9.47 Å². The van der Waals surface area contributed by atoms with Gasteiger partial charge in [0, 0.05) is 30.9 Å². The zero-order valence-electron chi connectivity index (χ0n) is 19.5. The number of thiophene rings is 1. The van der Waals surface area contributed by atoms with Crippen molar-refractivity contribution in [3.05, 3.63) is 87.1 Å². The Bertz CT molecular complexity index is 1180. The topological polar surface area (TPSA) is 50.8 Å². The van der Waals surface area contributed by atoms with Gasteiger partial charge in [-0.3, -0.25) is 9.69 Å². The lowest BCUT2D eigenvalue weighted by Gasteiger charge is -2.44. The van der Waals surface area contributed by atoms with E-state index >= 15 is 0 Å². The van der Waals surface area contributed by atoms with Crippen molar-refractivity contribution in [2.75, 3.05) is 26.8 Å². The quantitative estimate of drug-likeness (QED) is 0.582. The van der Waals surface area contributed by atoms with Crippen molar-refractivity contribution in [3.63, 3.8) is 0 Å². The number of hydrogen-bond donors (Lipinski definition) is 1.